The lowest BCUT2D eigenvalue weighted by Crippen LogP contribution is -2.49. The maximum atomic E-state index is 14.8. The molecule has 2 N–H and O–H groups in total. The van der Waals surface area contributed by atoms with Crippen LogP contribution in [0.1, 0.15) is 88.9 Å². The molecular formula is C42H51N5O7S. The quantitative estimate of drug-likeness (QED) is 0.194. The van der Waals surface area contributed by atoms with Crippen molar-refractivity contribution >= 4 is 61.2 Å². The van der Waals surface area contributed by atoms with E-state index in [2.05, 4.69) is 16.6 Å². The first-order valence-corrected chi connectivity index (χ1v) is 21.1. The molecule has 2 saturated carbocycles. The number of hydrogen-bond donors (Lipinski definition) is 2. The zero-order valence-electron chi connectivity index (χ0n) is 31.9. The van der Waals surface area contributed by atoms with Crippen molar-refractivity contribution in [1.29, 1.82) is 0 Å². The van der Waals surface area contributed by atoms with Gasteiger partial charge in [-0.1, -0.05) is 63.2 Å². The van der Waals surface area contributed by atoms with Gasteiger partial charge in [0.05, 0.1) is 39.2 Å². The Kier molecular flexibility index (Phi) is 10.4. The maximum absolute atomic E-state index is 14.8. The molecule has 2 aliphatic heterocycles. The molecule has 292 valence electrons. The second-order valence-electron chi connectivity index (χ2n) is 17.0. The molecule has 2 saturated heterocycles. The summed E-state index contributed by atoms with van der Waals surface area (Å²) in [5.41, 5.74) is -0.202. The lowest BCUT2D eigenvalue weighted by atomic mass is 9.77. The van der Waals surface area contributed by atoms with Crippen LogP contribution in [0, 0.1) is 22.7 Å². The molecule has 0 bridgehead atoms. The smallest absolute Gasteiger partial charge is 0.252 e. The monoisotopic (exact) mass is 769 g/mol. The van der Waals surface area contributed by atoms with E-state index in [0.717, 1.165) is 19.3 Å². The summed E-state index contributed by atoms with van der Waals surface area (Å²) >= 11 is 0. The Morgan fingerprint density at radius 3 is 2.15 bits per heavy atom. The van der Waals surface area contributed by atoms with Crippen LogP contribution in [0.2, 0.25) is 0 Å². The highest BCUT2D eigenvalue weighted by Gasteiger charge is 2.61. The lowest BCUT2D eigenvalue weighted by Gasteiger charge is -2.36. The van der Waals surface area contributed by atoms with Crippen molar-refractivity contribution in [3.8, 4) is 0 Å². The van der Waals surface area contributed by atoms with Crippen LogP contribution in [-0.4, -0.2) is 89.6 Å². The first-order valence-electron chi connectivity index (χ1n) is 19.5. The molecule has 0 radical (unpaired) electrons. The first-order chi connectivity index (χ1) is 26.1. The lowest BCUT2D eigenvalue weighted by molar-refractivity contribution is -0.148. The van der Waals surface area contributed by atoms with Crippen LogP contribution < -0.4 is 10.0 Å². The Morgan fingerprint density at radius 2 is 1.58 bits per heavy atom. The molecule has 4 aliphatic rings. The van der Waals surface area contributed by atoms with E-state index in [1.165, 1.54) is 4.90 Å². The number of amides is 4. The van der Waals surface area contributed by atoms with E-state index in [-0.39, 0.29) is 49.9 Å². The van der Waals surface area contributed by atoms with Gasteiger partial charge in [-0.25, -0.2) is 13.4 Å². The summed E-state index contributed by atoms with van der Waals surface area (Å²) in [6.07, 6.45) is 5.44. The van der Waals surface area contributed by atoms with Crippen LogP contribution in [-0.2, 0) is 29.2 Å². The number of para-hydroxylation sites is 2. The number of sulfonamides is 1. The summed E-state index contributed by atoms with van der Waals surface area (Å²) in [4.78, 5) is 78.9. The van der Waals surface area contributed by atoms with Crippen LogP contribution >= 0.6 is 0 Å². The number of ketones is 1. The number of nitrogens with one attached hydrogen (secondary N) is 2. The van der Waals surface area contributed by atoms with Gasteiger partial charge >= 0.3 is 0 Å². The highest BCUT2D eigenvalue weighted by molar-refractivity contribution is 7.90. The summed E-state index contributed by atoms with van der Waals surface area (Å²) in [5, 5.41) is 3.84. The molecule has 0 spiro atoms. The van der Waals surface area contributed by atoms with E-state index >= 15 is 0 Å². The average Bonchev–Trinajstić information content (AvgIpc) is 4.09. The fourth-order valence-electron chi connectivity index (χ4n) is 8.55. The van der Waals surface area contributed by atoms with Gasteiger partial charge in [-0.3, -0.25) is 28.7 Å². The van der Waals surface area contributed by atoms with Gasteiger partial charge in [0, 0.05) is 49.3 Å². The number of likely N-dealkylation sites (tertiary alicyclic amines) is 2. The molecule has 12 nitrogen and oxygen atoms in total. The van der Waals surface area contributed by atoms with Crippen LogP contribution in [0.4, 0.5) is 0 Å². The zero-order valence-corrected chi connectivity index (χ0v) is 32.7. The van der Waals surface area contributed by atoms with E-state index in [0.29, 0.717) is 53.3 Å². The second-order valence-corrected chi connectivity index (χ2v) is 19.0. The van der Waals surface area contributed by atoms with E-state index in [9.17, 15) is 32.4 Å². The zero-order chi connectivity index (χ0) is 39.3. The average molecular weight is 770 g/mol. The van der Waals surface area contributed by atoms with Crippen molar-refractivity contribution in [1.82, 2.24) is 24.8 Å². The number of Topliss-reactive ketones (excluding diaryl/α,β-unsaturated/α-hetero) is 1. The minimum absolute atomic E-state index is 0.0182. The SMILES string of the molecule is C=C[C@@H]1C[C@]1(CC(=O)[C@@H]1C[C@@H](NC(=O)c2c3ccccc3nc3ccccc23)CN1C(=O)[C@@H](CC(=O)N1CCCCC1)C(C)(C)C)C(=O)NS(=O)(=O)C1CC1. The summed E-state index contributed by atoms with van der Waals surface area (Å²) < 4.78 is 27.8. The fraction of sp³-hybridized carbons (Fsp3) is 0.524. The molecule has 5 atom stereocenters. The largest absolute Gasteiger partial charge is 0.347 e. The fourth-order valence-corrected chi connectivity index (χ4v) is 9.94. The molecule has 3 aromatic rings. The molecule has 7 rings (SSSR count). The molecule has 3 heterocycles. The summed E-state index contributed by atoms with van der Waals surface area (Å²) in [7, 11) is -3.87. The van der Waals surface area contributed by atoms with Crippen LogP contribution in [0.25, 0.3) is 21.8 Å². The predicted octanol–water partition coefficient (Wildman–Crippen LogP) is 4.91. The van der Waals surface area contributed by atoms with E-state index in [4.69, 9.17) is 4.98 Å². The van der Waals surface area contributed by atoms with Gasteiger partial charge in [-0.2, -0.15) is 0 Å². The van der Waals surface area contributed by atoms with Gasteiger partial charge < -0.3 is 15.1 Å². The summed E-state index contributed by atoms with van der Waals surface area (Å²) in [6.45, 7) is 10.9. The van der Waals surface area contributed by atoms with Gasteiger partial charge in [-0.15, -0.1) is 6.58 Å². The predicted molar refractivity (Wildman–Crippen MR) is 209 cm³/mol. The van der Waals surface area contributed by atoms with Crippen LogP contribution in [0.3, 0.4) is 0 Å². The van der Waals surface area contributed by atoms with E-state index in [1.807, 2.05) is 74.2 Å². The maximum Gasteiger partial charge on any atom is 0.252 e. The molecule has 2 aromatic carbocycles. The summed E-state index contributed by atoms with van der Waals surface area (Å²) in [6, 6.07) is 13.1. The van der Waals surface area contributed by atoms with Crippen LogP contribution in [0.15, 0.2) is 61.2 Å². The molecule has 0 unspecified atom stereocenters. The molecular weight excluding hydrogens is 719 g/mol. The normalized spacial score (nSPS) is 24.7. The number of rotatable bonds is 12. The summed E-state index contributed by atoms with van der Waals surface area (Å²) in [5.74, 6) is -3.14. The van der Waals surface area contributed by atoms with Crippen molar-refractivity contribution in [2.24, 2.45) is 22.7 Å². The topological polar surface area (TPSA) is 163 Å². The highest BCUT2D eigenvalue weighted by atomic mass is 32.2. The number of carbonyl (C=O) groups is 5. The van der Waals surface area contributed by atoms with Crippen molar-refractivity contribution in [2.75, 3.05) is 19.6 Å². The van der Waals surface area contributed by atoms with Gasteiger partial charge in [-0.05, 0) is 68.4 Å². The number of carbonyl (C=O) groups excluding carboxylic acids is 5. The van der Waals surface area contributed by atoms with Gasteiger partial charge in [0.15, 0.2) is 5.78 Å². The molecule has 4 amide bonds. The standard InChI is InChI=1S/C42H51N5O7S/c1-5-26-23-42(26,40(52)45-55(53,54)28-17-18-28)24-35(48)34-21-27(25-47(34)39(51)31(41(2,3)4)22-36(49)46-19-11-6-12-20-46)43-38(50)37-29-13-7-9-15-32(29)44-33-16-10-8-14-30(33)37/h5,7-10,13-16,26-28,31,34H,1,6,11-12,17-25H2,2-4H3,(H,43,50)(H,45,52)/t26-,27-,31-,34+,42-/m1/s1. The van der Waals surface area contributed by atoms with Crippen LogP contribution in [0.5, 0.6) is 0 Å². The Bertz CT molecular complexity index is 2120. The van der Waals surface area contributed by atoms with E-state index < -0.39 is 61.7 Å². The van der Waals surface area contributed by atoms with E-state index in [1.54, 1.807) is 6.08 Å². The molecule has 55 heavy (non-hydrogen) atoms. The van der Waals surface area contributed by atoms with Crippen molar-refractivity contribution in [3.63, 3.8) is 0 Å². The number of fused-ring (bicyclic) bond motifs is 2. The number of piperidine rings is 1. The minimum atomic E-state index is -3.87. The molecule has 4 fully saturated rings. The van der Waals surface area contributed by atoms with Crippen molar-refractivity contribution in [3.05, 3.63) is 66.7 Å². The third kappa shape index (κ3) is 7.77. The molecule has 1 aromatic heterocycles. The number of hydrogen-bond acceptors (Lipinski definition) is 8. The van der Waals surface area contributed by atoms with Gasteiger partial charge in [0.1, 0.15) is 0 Å². The number of aromatic nitrogens is 1. The number of allylic oxidation sites excluding steroid dienone is 1. The second kappa shape index (κ2) is 14.8. The molecule has 2 aliphatic carbocycles. The minimum Gasteiger partial charge on any atom is -0.347 e. The molecule has 13 heteroatoms. The van der Waals surface area contributed by atoms with Gasteiger partial charge in [0.25, 0.3) is 5.91 Å². The Hall–Kier alpha value is -4.65. The first kappa shape index (κ1) is 38.6. The van der Waals surface area contributed by atoms with Gasteiger partial charge in [0.2, 0.25) is 27.7 Å². The van der Waals surface area contributed by atoms with Crippen molar-refractivity contribution in [2.45, 2.75) is 95.9 Å². The highest BCUT2D eigenvalue weighted by Crippen LogP contribution is 2.57. The number of nitrogens with zero attached hydrogens (tertiary/aromatic N) is 3. The Morgan fingerprint density at radius 1 is 0.964 bits per heavy atom. The Labute approximate surface area is 322 Å². The number of pyridine rings is 1. The third-order valence-corrected chi connectivity index (χ3v) is 13.9. The Balaban J connectivity index is 1.19. The van der Waals surface area contributed by atoms with Crippen molar-refractivity contribution < 1.29 is 32.4 Å². The number of benzene rings is 2. The third-order valence-electron chi connectivity index (χ3n) is 12.1.